The number of methoxy groups -OCH3 is 1. The van der Waals surface area contributed by atoms with Gasteiger partial charge in [0.25, 0.3) is 5.91 Å². The Morgan fingerprint density at radius 2 is 1.84 bits per heavy atom. The molecule has 0 N–H and O–H groups in total. The first-order chi connectivity index (χ1) is 14.9. The highest BCUT2D eigenvalue weighted by atomic mass is 16.7. The van der Waals surface area contributed by atoms with Crippen molar-refractivity contribution < 1.29 is 23.6 Å². The Kier molecular flexibility index (Phi) is 6.18. The van der Waals surface area contributed by atoms with Crippen LogP contribution in [0.4, 0.5) is 5.69 Å². The third-order valence-electron chi connectivity index (χ3n) is 6.03. The van der Waals surface area contributed by atoms with E-state index in [-0.39, 0.29) is 17.9 Å². The highest BCUT2D eigenvalue weighted by molar-refractivity contribution is 6.62. The first kappa shape index (κ1) is 23.5. The van der Waals surface area contributed by atoms with Crippen LogP contribution in [-0.4, -0.2) is 54.1 Å². The highest BCUT2D eigenvalue weighted by Crippen LogP contribution is 2.36. The maximum atomic E-state index is 13.2. The molecule has 2 aromatic rings. The van der Waals surface area contributed by atoms with Crippen LogP contribution in [0.1, 0.15) is 54.2 Å². The van der Waals surface area contributed by atoms with Crippen LogP contribution in [0, 0.1) is 18.3 Å². The maximum absolute atomic E-state index is 13.2. The summed E-state index contributed by atoms with van der Waals surface area (Å²) in [6.45, 7) is 9.69. The number of carbonyl (C=O) groups is 2. The van der Waals surface area contributed by atoms with Crippen molar-refractivity contribution >= 4 is 30.1 Å². The van der Waals surface area contributed by atoms with E-state index in [9.17, 15) is 9.59 Å². The van der Waals surface area contributed by atoms with Crippen LogP contribution in [0.2, 0.25) is 0 Å². The van der Waals surface area contributed by atoms with Crippen molar-refractivity contribution in [1.82, 2.24) is 9.78 Å². The zero-order valence-electron chi connectivity index (χ0n) is 19.4. The number of carbonyl (C=O) groups excluding carboxylic acids is 2. The molecule has 1 aromatic carbocycles. The number of nitriles is 1. The summed E-state index contributed by atoms with van der Waals surface area (Å²) in [5.41, 5.74) is 1.54. The van der Waals surface area contributed by atoms with E-state index in [2.05, 4.69) is 9.84 Å². The summed E-state index contributed by atoms with van der Waals surface area (Å²) in [7, 11) is 2.35. The molecule has 0 spiro atoms. The van der Waals surface area contributed by atoms with Gasteiger partial charge in [0.2, 0.25) is 0 Å². The van der Waals surface area contributed by atoms with E-state index in [4.69, 9.17) is 14.6 Å². The second kappa shape index (κ2) is 8.41. The molecule has 1 aliphatic heterocycles. The van der Waals surface area contributed by atoms with E-state index >= 15 is 0 Å². The van der Waals surface area contributed by atoms with Crippen LogP contribution in [0.3, 0.4) is 0 Å². The monoisotopic (exact) mass is 438 g/mol. The number of hydrogen-bond acceptors (Lipinski definition) is 7. The zero-order valence-corrected chi connectivity index (χ0v) is 19.4. The van der Waals surface area contributed by atoms with Crippen LogP contribution in [0.5, 0.6) is 0 Å². The number of hydrogen-bond donors (Lipinski definition) is 0. The average molecular weight is 438 g/mol. The van der Waals surface area contributed by atoms with Gasteiger partial charge < -0.3 is 18.9 Å². The van der Waals surface area contributed by atoms with Crippen molar-refractivity contribution in [3.8, 4) is 6.07 Å². The van der Waals surface area contributed by atoms with E-state index in [1.54, 1.807) is 7.05 Å². The summed E-state index contributed by atoms with van der Waals surface area (Å²) >= 11 is 0. The number of rotatable bonds is 5. The van der Waals surface area contributed by atoms with Gasteiger partial charge in [-0.05, 0) is 51.7 Å². The van der Waals surface area contributed by atoms with Crippen molar-refractivity contribution in [2.24, 2.45) is 0 Å². The Labute approximate surface area is 188 Å². The van der Waals surface area contributed by atoms with Crippen molar-refractivity contribution in [1.29, 1.82) is 5.26 Å². The van der Waals surface area contributed by atoms with Gasteiger partial charge in [-0.2, -0.15) is 10.4 Å². The molecule has 9 nitrogen and oxygen atoms in total. The van der Waals surface area contributed by atoms with Gasteiger partial charge in [0.05, 0.1) is 24.4 Å². The molecular formula is C22H27BN4O5. The molecule has 1 saturated heterocycles. The van der Waals surface area contributed by atoms with Crippen LogP contribution < -0.4 is 10.4 Å². The summed E-state index contributed by atoms with van der Waals surface area (Å²) in [5.74, 6) is -1.09. The van der Waals surface area contributed by atoms with Gasteiger partial charge in [0, 0.05) is 18.8 Å². The lowest BCUT2D eigenvalue weighted by molar-refractivity contribution is 0.00578. The number of esters is 1. The molecule has 10 heteroatoms. The molecular weight excluding hydrogens is 411 g/mol. The van der Waals surface area contributed by atoms with Gasteiger partial charge >= 0.3 is 13.1 Å². The topological polar surface area (TPSA) is 107 Å². The molecule has 0 unspecified atom stereocenters. The molecule has 2 heterocycles. The molecule has 168 valence electrons. The van der Waals surface area contributed by atoms with Crippen LogP contribution in [0.25, 0.3) is 0 Å². The fraction of sp³-hybridized carbons (Fsp3) is 0.455. The van der Waals surface area contributed by atoms with E-state index < -0.39 is 30.2 Å². The van der Waals surface area contributed by atoms with E-state index in [0.717, 1.165) is 11.0 Å². The quantitative estimate of drug-likeness (QED) is 0.520. The number of aromatic nitrogens is 2. The molecule has 0 saturated carbocycles. The predicted octanol–water partition coefficient (Wildman–Crippen LogP) is 2.08. The fourth-order valence-corrected chi connectivity index (χ4v) is 3.44. The highest BCUT2D eigenvalue weighted by Gasteiger charge is 2.51. The molecule has 1 amide bonds. The molecule has 0 aliphatic carbocycles. The standard InChI is InChI=1S/C22H27BN4O5/c1-14-12-15(23-31-21(2,3)22(4,5)32-23)8-9-17(14)26(6)19(28)18-13-16(20(29)30-7)25-27(18)11-10-24/h8-9,12-13H,11H2,1-7H3. The Morgan fingerprint density at radius 3 is 2.38 bits per heavy atom. The van der Waals surface area contributed by atoms with Crippen LogP contribution in [0.15, 0.2) is 24.3 Å². The van der Waals surface area contributed by atoms with Crippen molar-refractivity contribution in [3.05, 3.63) is 41.2 Å². The second-order valence-electron chi connectivity index (χ2n) is 8.72. The predicted molar refractivity (Wildman–Crippen MR) is 119 cm³/mol. The molecule has 1 aromatic heterocycles. The normalized spacial score (nSPS) is 16.5. The number of aryl methyl sites for hydroxylation is 1. The van der Waals surface area contributed by atoms with Gasteiger partial charge in [-0.1, -0.05) is 12.1 Å². The number of ether oxygens (including phenoxy) is 1. The molecule has 1 aliphatic rings. The van der Waals surface area contributed by atoms with E-state index in [1.165, 1.54) is 22.8 Å². The molecule has 1 fully saturated rings. The fourth-order valence-electron chi connectivity index (χ4n) is 3.44. The number of anilines is 1. The first-order valence-electron chi connectivity index (χ1n) is 10.2. The minimum atomic E-state index is -0.679. The van der Waals surface area contributed by atoms with Gasteiger partial charge in [0.1, 0.15) is 12.2 Å². The van der Waals surface area contributed by atoms with Crippen LogP contribution >= 0.6 is 0 Å². The van der Waals surface area contributed by atoms with Gasteiger partial charge in [-0.15, -0.1) is 0 Å². The zero-order chi connectivity index (χ0) is 23.8. The number of nitrogens with zero attached hydrogens (tertiary/aromatic N) is 4. The summed E-state index contributed by atoms with van der Waals surface area (Å²) in [6.07, 6.45) is 0. The summed E-state index contributed by atoms with van der Waals surface area (Å²) in [4.78, 5) is 26.5. The van der Waals surface area contributed by atoms with Crippen molar-refractivity contribution in [3.63, 3.8) is 0 Å². The van der Waals surface area contributed by atoms with Gasteiger partial charge in [-0.3, -0.25) is 4.79 Å². The summed E-state index contributed by atoms with van der Waals surface area (Å²) in [6, 6.07) is 8.88. The van der Waals surface area contributed by atoms with Gasteiger partial charge in [0.15, 0.2) is 5.69 Å². The minimum absolute atomic E-state index is 0.0349. The summed E-state index contributed by atoms with van der Waals surface area (Å²) < 4.78 is 18.1. The molecule has 0 bridgehead atoms. The molecule has 0 atom stereocenters. The number of benzene rings is 1. The first-order valence-corrected chi connectivity index (χ1v) is 10.2. The van der Waals surface area contributed by atoms with E-state index in [0.29, 0.717) is 5.69 Å². The molecule has 3 rings (SSSR count). The van der Waals surface area contributed by atoms with E-state index in [1.807, 2.05) is 58.9 Å². The Hall–Kier alpha value is -3.16. The lowest BCUT2D eigenvalue weighted by Crippen LogP contribution is -2.41. The third kappa shape index (κ3) is 4.14. The van der Waals surface area contributed by atoms with Gasteiger partial charge in [-0.25, -0.2) is 9.48 Å². The number of amides is 1. The Balaban J connectivity index is 1.88. The summed E-state index contributed by atoms with van der Waals surface area (Å²) in [5, 5.41) is 13.1. The average Bonchev–Trinajstić information content (AvgIpc) is 3.24. The van der Waals surface area contributed by atoms with Crippen LogP contribution in [-0.2, 0) is 20.6 Å². The Morgan fingerprint density at radius 1 is 1.22 bits per heavy atom. The molecule has 32 heavy (non-hydrogen) atoms. The smallest absolute Gasteiger partial charge is 0.464 e. The largest absolute Gasteiger partial charge is 0.494 e. The SMILES string of the molecule is COC(=O)c1cc(C(=O)N(C)c2ccc(B3OC(C)(C)C(C)(C)O3)cc2C)n(CC#N)n1. The molecule has 0 radical (unpaired) electrons. The second-order valence-corrected chi connectivity index (χ2v) is 8.72. The maximum Gasteiger partial charge on any atom is 0.494 e. The lowest BCUT2D eigenvalue weighted by atomic mass is 9.78. The third-order valence-corrected chi connectivity index (χ3v) is 6.03. The van der Waals surface area contributed by atoms with Crippen molar-refractivity contribution in [2.45, 2.75) is 52.4 Å². The Bertz CT molecular complexity index is 1090. The van der Waals surface area contributed by atoms with Crippen molar-refractivity contribution in [2.75, 3.05) is 19.1 Å². The minimum Gasteiger partial charge on any atom is -0.464 e. The lowest BCUT2D eigenvalue weighted by Gasteiger charge is -2.32.